The molecule has 0 aromatic carbocycles. The molecule has 0 saturated heterocycles. The van der Waals surface area contributed by atoms with Gasteiger partial charge >= 0.3 is 0 Å². The third-order valence-corrected chi connectivity index (χ3v) is 3.42. The van der Waals surface area contributed by atoms with Crippen molar-refractivity contribution in [1.82, 2.24) is 15.6 Å². The zero-order valence-corrected chi connectivity index (χ0v) is 18.3. The second-order valence-electron chi connectivity index (χ2n) is 5.71. The zero-order chi connectivity index (χ0) is 18.3. The number of hydrogen-bond acceptors (Lipinski definition) is 4. The van der Waals surface area contributed by atoms with Gasteiger partial charge in [0.25, 0.3) is 0 Å². The van der Waals surface area contributed by atoms with E-state index in [-0.39, 0.29) is 29.9 Å². The first-order valence-corrected chi connectivity index (χ1v) is 8.91. The molecule has 3 N–H and O–H groups in total. The van der Waals surface area contributed by atoms with Gasteiger partial charge in [-0.05, 0) is 31.9 Å². The lowest BCUT2D eigenvalue weighted by Gasteiger charge is -2.12. The topological polar surface area (TPSA) is 87.6 Å². The first-order valence-electron chi connectivity index (χ1n) is 8.91. The Morgan fingerprint density at radius 3 is 2.62 bits per heavy atom. The van der Waals surface area contributed by atoms with Crippen LogP contribution < -0.4 is 16.0 Å². The van der Waals surface area contributed by atoms with Crippen molar-refractivity contribution in [2.24, 2.45) is 4.99 Å². The Morgan fingerprint density at radius 1 is 1.19 bits per heavy atom. The zero-order valence-electron chi connectivity index (χ0n) is 16.0. The smallest absolute Gasteiger partial charge is 0.227 e. The van der Waals surface area contributed by atoms with Gasteiger partial charge in [-0.3, -0.25) is 9.79 Å². The number of aliphatic imine (C=N–C) groups is 1. The number of carbonyl (C=O) groups excluding carboxylic acids is 1. The van der Waals surface area contributed by atoms with Gasteiger partial charge < -0.3 is 20.7 Å². The Bertz CT molecular complexity index is 540. The fourth-order valence-corrected chi connectivity index (χ4v) is 2.06. The van der Waals surface area contributed by atoms with Crippen molar-refractivity contribution in [2.75, 3.05) is 38.7 Å². The van der Waals surface area contributed by atoms with Gasteiger partial charge in [0.05, 0.1) is 0 Å². The maximum atomic E-state index is 11.9. The Balaban J connectivity index is 0.00000625. The number of guanidine groups is 1. The minimum Gasteiger partial charge on any atom is -0.381 e. The standard InChI is InChI=1S/C18H31N5O2.HI/c1-4-5-13-25-14-7-11-20-18(19-3)21-12-10-17(24)23-16-9-6-8-15(2)22-16;/h6,8-9H,4-5,7,10-14H2,1-3H3,(H2,19,20,21)(H,22,23,24);1H. The van der Waals surface area contributed by atoms with Crippen LogP contribution >= 0.6 is 24.0 Å². The molecule has 0 radical (unpaired) electrons. The highest BCUT2D eigenvalue weighted by atomic mass is 127. The maximum absolute atomic E-state index is 11.9. The number of halogens is 1. The highest BCUT2D eigenvalue weighted by Gasteiger charge is 2.04. The number of amides is 1. The number of aryl methyl sites for hydroxylation is 1. The number of nitrogens with zero attached hydrogens (tertiary/aromatic N) is 2. The van der Waals surface area contributed by atoms with Crippen LogP contribution in [-0.4, -0.2) is 50.2 Å². The van der Waals surface area contributed by atoms with E-state index in [0.717, 1.165) is 44.7 Å². The van der Waals surface area contributed by atoms with E-state index >= 15 is 0 Å². The summed E-state index contributed by atoms with van der Waals surface area (Å²) >= 11 is 0. The van der Waals surface area contributed by atoms with Crippen molar-refractivity contribution >= 4 is 41.7 Å². The van der Waals surface area contributed by atoms with E-state index in [4.69, 9.17) is 4.74 Å². The Morgan fingerprint density at radius 2 is 1.92 bits per heavy atom. The molecule has 1 heterocycles. The van der Waals surface area contributed by atoms with Gasteiger partial charge in [-0.25, -0.2) is 4.98 Å². The number of rotatable bonds is 11. The molecule has 1 aromatic heterocycles. The van der Waals surface area contributed by atoms with Crippen LogP contribution in [0.4, 0.5) is 5.82 Å². The van der Waals surface area contributed by atoms with E-state index in [0.29, 0.717) is 24.7 Å². The number of ether oxygens (including phenoxy) is 1. The monoisotopic (exact) mass is 477 g/mol. The number of unbranched alkanes of at least 4 members (excludes halogenated alkanes) is 1. The van der Waals surface area contributed by atoms with Gasteiger partial charge in [0.2, 0.25) is 5.91 Å². The molecule has 8 heteroatoms. The summed E-state index contributed by atoms with van der Waals surface area (Å²) in [7, 11) is 1.71. The second-order valence-corrected chi connectivity index (χ2v) is 5.71. The van der Waals surface area contributed by atoms with Crippen LogP contribution in [0.2, 0.25) is 0 Å². The Labute approximate surface area is 173 Å². The molecule has 0 unspecified atom stereocenters. The summed E-state index contributed by atoms with van der Waals surface area (Å²) in [4.78, 5) is 20.3. The molecule has 0 aliphatic carbocycles. The molecule has 7 nitrogen and oxygen atoms in total. The van der Waals surface area contributed by atoms with Crippen LogP contribution in [0.15, 0.2) is 23.2 Å². The summed E-state index contributed by atoms with van der Waals surface area (Å²) in [6.07, 6.45) is 3.53. The van der Waals surface area contributed by atoms with Gasteiger partial charge in [-0.2, -0.15) is 0 Å². The fourth-order valence-electron chi connectivity index (χ4n) is 2.06. The normalized spacial score (nSPS) is 10.8. The van der Waals surface area contributed by atoms with Crippen molar-refractivity contribution in [2.45, 2.75) is 39.5 Å². The first kappa shape index (κ1) is 24.6. The fraction of sp³-hybridized carbons (Fsp3) is 0.611. The second kappa shape index (κ2) is 15.8. The lowest BCUT2D eigenvalue weighted by atomic mass is 10.3. The van der Waals surface area contributed by atoms with Gasteiger partial charge in [0, 0.05) is 45.5 Å². The van der Waals surface area contributed by atoms with Crippen molar-refractivity contribution in [3.8, 4) is 0 Å². The number of hydrogen-bond donors (Lipinski definition) is 3. The molecule has 1 amide bonds. The van der Waals surface area contributed by atoms with E-state index in [1.807, 2.05) is 19.1 Å². The van der Waals surface area contributed by atoms with Gasteiger partial charge in [-0.15, -0.1) is 24.0 Å². The molecule has 1 aromatic rings. The summed E-state index contributed by atoms with van der Waals surface area (Å²) < 4.78 is 5.51. The summed E-state index contributed by atoms with van der Waals surface area (Å²) in [6.45, 7) is 6.90. The van der Waals surface area contributed by atoms with Crippen molar-refractivity contribution < 1.29 is 9.53 Å². The van der Waals surface area contributed by atoms with Crippen molar-refractivity contribution in [3.63, 3.8) is 0 Å². The molecule has 0 aliphatic heterocycles. The van der Waals surface area contributed by atoms with Crippen LogP contribution in [-0.2, 0) is 9.53 Å². The molecule has 1 rings (SSSR count). The number of pyridine rings is 1. The summed E-state index contributed by atoms with van der Waals surface area (Å²) in [5.41, 5.74) is 0.874. The maximum Gasteiger partial charge on any atom is 0.227 e. The largest absolute Gasteiger partial charge is 0.381 e. The highest BCUT2D eigenvalue weighted by molar-refractivity contribution is 14.0. The summed E-state index contributed by atoms with van der Waals surface area (Å²) in [5.74, 6) is 1.19. The average molecular weight is 477 g/mol. The number of anilines is 1. The van der Waals surface area contributed by atoms with Crippen molar-refractivity contribution in [3.05, 3.63) is 23.9 Å². The minimum atomic E-state index is -0.0784. The summed E-state index contributed by atoms with van der Waals surface area (Å²) in [5, 5.41) is 9.12. The number of aromatic nitrogens is 1. The Kier molecular flexibility index (Phi) is 14.9. The average Bonchev–Trinajstić information content (AvgIpc) is 2.59. The van der Waals surface area contributed by atoms with Crippen LogP contribution in [0.5, 0.6) is 0 Å². The molecular weight excluding hydrogens is 445 g/mol. The van der Waals surface area contributed by atoms with Crippen LogP contribution in [0.1, 0.15) is 38.3 Å². The SMILES string of the molecule is CCCCOCCCNC(=NC)NCCC(=O)Nc1cccc(C)n1.I. The lowest BCUT2D eigenvalue weighted by molar-refractivity contribution is -0.116. The lowest BCUT2D eigenvalue weighted by Crippen LogP contribution is -2.39. The quantitative estimate of drug-likeness (QED) is 0.198. The van der Waals surface area contributed by atoms with Gasteiger partial charge in [-0.1, -0.05) is 19.4 Å². The number of carbonyl (C=O) groups is 1. The van der Waals surface area contributed by atoms with E-state index in [1.54, 1.807) is 13.1 Å². The predicted octanol–water partition coefficient (Wildman–Crippen LogP) is 2.71. The van der Waals surface area contributed by atoms with E-state index < -0.39 is 0 Å². The predicted molar refractivity (Wildman–Crippen MR) is 117 cm³/mol. The molecule has 0 bridgehead atoms. The van der Waals surface area contributed by atoms with E-state index in [2.05, 4.69) is 32.9 Å². The molecule has 0 saturated carbocycles. The molecule has 0 spiro atoms. The van der Waals surface area contributed by atoms with Crippen LogP contribution in [0.3, 0.4) is 0 Å². The molecule has 26 heavy (non-hydrogen) atoms. The van der Waals surface area contributed by atoms with Gasteiger partial charge in [0.1, 0.15) is 5.82 Å². The van der Waals surface area contributed by atoms with Crippen LogP contribution in [0.25, 0.3) is 0 Å². The third-order valence-electron chi connectivity index (χ3n) is 3.42. The van der Waals surface area contributed by atoms with E-state index in [1.165, 1.54) is 0 Å². The highest BCUT2D eigenvalue weighted by Crippen LogP contribution is 2.03. The van der Waals surface area contributed by atoms with Crippen molar-refractivity contribution in [1.29, 1.82) is 0 Å². The Hall–Kier alpha value is -1.42. The van der Waals surface area contributed by atoms with Gasteiger partial charge in [0.15, 0.2) is 5.96 Å². The number of nitrogens with one attached hydrogen (secondary N) is 3. The minimum absolute atomic E-state index is 0. The molecule has 0 atom stereocenters. The third kappa shape index (κ3) is 12.0. The molecule has 0 aliphatic rings. The first-order chi connectivity index (χ1) is 12.2. The molecular formula is C18H32IN5O2. The van der Waals surface area contributed by atoms with E-state index in [9.17, 15) is 4.79 Å². The molecule has 148 valence electrons. The summed E-state index contributed by atoms with van der Waals surface area (Å²) in [6, 6.07) is 5.54. The van der Waals surface area contributed by atoms with Crippen LogP contribution in [0, 0.1) is 6.92 Å². The molecule has 0 fully saturated rings.